The van der Waals surface area contributed by atoms with E-state index in [-0.39, 0.29) is 5.52 Å². The SMILES string of the molecule is C=CCCCC[n+]1c2ccc(CCC)cc2nc2c(=O)[nH]c(=O)[nH]c21. The van der Waals surface area contributed by atoms with Crippen LogP contribution in [0.2, 0.25) is 0 Å². The van der Waals surface area contributed by atoms with E-state index in [0.717, 1.165) is 43.1 Å². The highest BCUT2D eigenvalue weighted by Crippen LogP contribution is 2.15. The third-order valence-corrected chi connectivity index (χ3v) is 4.31. The van der Waals surface area contributed by atoms with Crippen LogP contribution in [-0.2, 0) is 13.0 Å². The molecule has 25 heavy (non-hydrogen) atoms. The van der Waals surface area contributed by atoms with E-state index in [2.05, 4.69) is 34.5 Å². The molecule has 2 aromatic heterocycles. The van der Waals surface area contributed by atoms with Gasteiger partial charge in [-0.25, -0.2) is 14.3 Å². The second-order valence-corrected chi connectivity index (χ2v) is 6.23. The topological polar surface area (TPSA) is 82.5 Å². The fraction of sp³-hybridized carbons (Fsp3) is 0.368. The van der Waals surface area contributed by atoms with Gasteiger partial charge in [0.1, 0.15) is 5.52 Å². The fourth-order valence-electron chi connectivity index (χ4n) is 3.13. The van der Waals surface area contributed by atoms with Crippen molar-refractivity contribution in [3.63, 3.8) is 0 Å². The van der Waals surface area contributed by atoms with Crippen LogP contribution >= 0.6 is 0 Å². The van der Waals surface area contributed by atoms with Crippen LogP contribution in [0.4, 0.5) is 0 Å². The second kappa shape index (κ2) is 7.42. The van der Waals surface area contributed by atoms with E-state index in [0.29, 0.717) is 12.2 Å². The molecule has 0 aliphatic carbocycles. The molecule has 130 valence electrons. The van der Waals surface area contributed by atoms with Gasteiger partial charge in [-0.15, -0.1) is 6.58 Å². The average Bonchev–Trinajstić information content (AvgIpc) is 2.59. The van der Waals surface area contributed by atoms with Crippen LogP contribution < -0.4 is 15.8 Å². The van der Waals surface area contributed by atoms with Gasteiger partial charge in [0.25, 0.3) is 5.56 Å². The molecule has 6 heteroatoms. The van der Waals surface area contributed by atoms with Crippen LogP contribution in [-0.4, -0.2) is 15.0 Å². The molecule has 0 radical (unpaired) electrons. The van der Waals surface area contributed by atoms with Gasteiger partial charge >= 0.3 is 11.3 Å². The van der Waals surface area contributed by atoms with Crippen LogP contribution in [0.3, 0.4) is 0 Å². The number of aromatic nitrogens is 4. The first kappa shape index (κ1) is 17.1. The van der Waals surface area contributed by atoms with E-state index >= 15 is 0 Å². The zero-order valence-electron chi connectivity index (χ0n) is 14.5. The number of aromatic amines is 2. The molecule has 1 aromatic carbocycles. The Morgan fingerprint density at radius 2 is 2.08 bits per heavy atom. The lowest BCUT2D eigenvalue weighted by Gasteiger charge is -2.08. The van der Waals surface area contributed by atoms with E-state index < -0.39 is 11.2 Å². The average molecular weight is 339 g/mol. The Kier molecular flexibility index (Phi) is 5.07. The molecule has 0 saturated carbocycles. The summed E-state index contributed by atoms with van der Waals surface area (Å²) < 4.78 is 1.99. The number of fused-ring (bicyclic) bond motifs is 2. The van der Waals surface area contributed by atoms with Crippen LogP contribution in [0.25, 0.3) is 22.2 Å². The molecule has 0 amide bonds. The minimum Gasteiger partial charge on any atom is -0.267 e. The van der Waals surface area contributed by atoms with Crippen molar-refractivity contribution in [2.45, 2.75) is 45.6 Å². The Morgan fingerprint density at radius 1 is 1.24 bits per heavy atom. The molecule has 0 fully saturated rings. The molecule has 2 heterocycles. The Hall–Kier alpha value is -2.76. The van der Waals surface area contributed by atoms with Gasteiger partial charge in [0, 0.05) is 0 Å². The van der Waals surface area contributed by atoms with Crippen LogP contribution in [0, 0.1) is 0 Å². The lowest BCUT2D eigenvalue weighted by atomic mass is 10.1. The summed E-state index contributed by atoms with van der Waals surface area (Å²) in [6.07, 6.45) is 6.79. The van der Waals surface area contributed by atoms with Crippen molar-refractivity contribution in [3.05, 3.63) is 57.3 Å². The molecule has 0 aliphatic heterocycles. The lowest BCUT2D eigenvalue weighted by Crippen LogP contribution is -2.40. The number of hydrogen-bond acceptors (Lipinski definition) is 3. The summed E-state index contributed by atoms with van der Waals surface area (Å²) in [6.45, 7) is 6.58. The van der Waals surface area contributed by atoms with Crippen molar-refractivity contribution in [2.75, 3.05) is 0 Å². The van der Waals surface area contributed by atoms with Gasteiger partial charge in [-0.2, -0.15) is 4.98 Å². The molecule has 0 atom stereocenters. The molecular weight excluding hydrogens is 316 g/mol. The van der Waals surface area contributed by atoms with Gasteiger partial charge in [0.2, 0.25) is 5.52 Å². The Balaban J connectivity index is 2.22. The number of benzene rings is 1. The summed E-state index contributed by atoms with van der Waals surface area (Å²) in [5.74, 6) is 0. The Bertz CT molecular complexity index is 1030. The molecule has 0 aliphatic rings. The van der Waals surface area contributed by atoms with Gasteiger partial charge in [-0.1, -0.05) is 25.5 Å². The summed E-state index contributed by atoms with van der Waals surface area (Å²) in [4.78, 5) is 33.5. The number of rotatable bonds is 7. The van der Waals surface area contributed by atoms with Gasteiger partial charge in [0.05, 0.1) is 6.54 Å². The van der Waals surface area contributed by atoms with E-state index in [1.165, 1.54) is 5.56 Å². The molecule has 0 unspecified atom stereocenters. The summed E-state index contributed by atoms with van der Waals surface area (Å²) >= 11 is 0. The second-order valence-electron chi connectivity index (χ2n) is 6.23. The van der Waals surface area contributed by atoms with E-state index in [1.807, 2.05) is 22.8 Å². The summed E-state index contributed by atoms with van der Waals surface area (Å²) in [6, 6.07) is 6.15. The first-order valence-electron chi connectivity index (χ1n) is 8.73. The standard InChI is InChI=1S/C19H22N4O2/c1-3-5-6-7-11-23-15-10-9-13(8-4-2)12-14(15)20-16-17(23)21-19(25)22-18(16)24/h3,9-10,12H,1,4-8,11H2,2H3,(H,22,24,25)/p+1. The van der Waals surface area contributed by atoms with E-state index in [9.17, 15) is 9.59 Å². The molecule has 3 rings (SSSR count). The predicted octanol–water partition coefficient (Wildman–Crippen LogP) is 2.36. The quantitative estimate of drug-likeness (QED) is 0.300. The van der Waals surface area contributed by atoms with Crippen molar-refractivity contribution in [1.82, 2.24) is 15.0 Å². The first-order valence-corrected chi connectivity index (χ1v) is 8.73. The monoisotopic (exact) mass is 339 g/mol. The fourth-order valence-corrected chi connectivity index (χ4v) is 3.13. The Morgan fingerprint density at radius 3 is 2.84 bits per heavy atom. The maximum Gasteiger partial charge on any atom is 0.413 e. The number of nitrogens with one attached hydrogen (secondary N) is 2. The number of aryl methyl sites for hydroxylation is 2. The third kappa shape index (κ3) is 3.52. The Labute approximate surface area is 145 Å². The number of nitrogens with zero attached hydrogens (tertiary/aromatic N) is 2. The number of H-pyrrole nitrogens is 2. The molecule has 6 nitrogen and oxygen atoms in total. The number of hydrogen-bond donors (Lipinski definition) is 2. The molecule has 3 aromatic rings. The highest BCUT2D eigenvalue weighted by atomic mass is 16.2. The van der Waals surface area contributed by atoms with Crippen molar-refractivity contribution in [3.8, 4) is 0 Å². The molecule has 2 N–H and O–H groups in total. The largest absolute Gasteiger partial charge is 0.413 e. The highest BCUT2D eigenvalue weighted by molar-refractivity contribution is 5.79. The maximum atomic E-state index is 12.2. The zero-order valence-corrected chi connectivity index (χ0v) is 14.5. The third-order valence-electron chi connectivity index (χ3n) is 4.31. The summed E-state index contributed by atoms with van der Waals surface area (Å²) in [5.41, 5.74) is 2.67. The normalized spacial score (nSPS) is 11.2. The van der Waals surface area contributed by atoms with Gasteiger partial charge in [0.15, 0.2) is 5.52 Å². The zero-order chi connectivity index (χ0) is 17.8. The van der Waals surface area contributed by atoms with Crippen molar-refractivity contribution in [2.24, 2.45) is 0 Å². The van der Waals surface area contributed by atoms with E-state index in [4.69, 9.17) is 0 Å². The maximum absolute atomic E-state index is 12.2. The van der Waals surface area contributed by atoms with Crippen LogP contribution in [0.15, 0.2) is 40.4 Å². The minimum absolute atomic E-state index is 0.268. The van der Waals surface area contributed by atoms with E-state index in [1.54, 1.807) is 0 Å². The van der Waals surface area contributed by atoms with Crippen molar-refractivity contribution >= 4 is 22.2 Å². The van der Waals surface area contributed by atoms with Gasteiger partial charge in [-0.3, -0.25) is 9.78 Å². The number of allylic oxidation sites excluding steroid dienone is 1. The predicted molar refractivity (Wildman–Crippen MR) is 98.7 cm³/mol. The molecule has 0 saturated heterocycles. The summed E-state index contributed by atoms with van der Waals surface area (Å²) in [5, 5.41) is 0. The highest BCUT2D eigenvalue weighted by Gasteiger charge is 2.18. The minimum atomic E-state index is -0.513. The van der Waals surface area contributed by atoms with Gasteiger partial charge in [-0.05, 0) is 43.4 Å². The molecule has 0 spiro atoms. The molecule has 0 bridgehead atoms. The lowest BCUT2D eigenvalue weighted by molar-refractivity contribution is -0.648. The smallest absolute Gasteiger partial charge is 0.267 e. The van der Waals surface area contributed by atoms with Crippen molar-refractivity contribution < 1.29 is 4.57 Å². The number of unbranched alkanes of at least 4 members (excludes halogenated alkanes) is 2. The molecular formula is C19H23N4O2+. The van der Waals surface area contributed by atoms with Crippen molar-refractivity contribution in [1.29, 1.82) is 0 Å². The summed E-state index contributed by atoms with van der Waals surface area (Å²) in [7, 11) is 0. The van der Waals surface area contributed by atoms with Crippen LogP contribution in [0.1, 0.15) is 38.2 Å². The first-order chi connectivity index (χ1) is 12.1. The van der Waals surface area contributed by atoms with Crippen LogP contribution in [0.5, 0.6) is 0 Å². The van der Waals surface area contributed by atoms with Gasteiger partial charge < -0.3 is 0 Å².